The van der Waals surface area contributed by atoms with Crippen LogP contribution in [0.3, 0.4) is 0 Å². The van der Waals surface area contributed by atoms with Crippen LogP contribution in [-0.4, -0.2) is 22.0 Å². The third-order valence-electron chi connectivity index (χ3n) is 3.23. The van der Waals surface area contributed by atoms with E-state index in [0.29, 0.717) is 6.04 Å². The molecular weight excluding hydrogens is 264 g/mol. The number of aromatic nitrogens is 1. The predicted molar refractivity (Wildman–Crippen MR) is 90.4 cm³/mol. The molecule has 2 aromatic rings. The molecule has 0 amide bonds. The number of thioether (sulfide) groups is 1. The highest BCUT2D eigenvalue weighted by Gasteiger charge is 2.18. The van der Waals surface area contributed by atoms with Crippen molar-refractivity contribution in [3.05, 3.63) is 42.2 Å². The van der Waals surface area contributed by atoms with Crippen LogP contribution in [0.4, 0.5) is 0 Å². The minimum atomic E-state index is 0.288. The van der Waals surface area contributed by atoms with Gasteiger partial charge in [0.15, 0.2) is 0 Å². The molecule has 2 nitrogen and oxygen atoms in total. The second kappa shape index (κ2) is 6.59. The van der Waals surface area contributed by atoms with Crippen molar-refractivity contribution in [3.63, 3.8) is 0 Å². The van der Waals surface area contributed by atoms with Crippen molar-refractivity contribution >= 4 is 22.5 Å². The number of fused-ring (bicyclic) bond motifs is 1. The number of nitrogens with one attached hydrogen (secondary N) is 1. The molecule has 0 radical (unpaired) electrons. The summed E-state index contributed by atoms with van der Waals surface area (Å²) in [7, 11) is 0. The molecule has 0 aliphatic carbocycles. The maximum Gasteiger partial charge on any atom is 0.0418 e. The van der Waals surface area contributed by atoms with Gasteiger partial charge in [-0.1, -0.05) is 45.9 Å². The molecule has 0 saturated heterocycles. The summed E-state index contributed by atoms with van der Waals surface area (Å²) in [4.78, 5) is 4.29. The van der Waals surface area contributed by atoms with Crippen LogP contribution < -0.4 is 5.32 Å². The lowest BCUT2D eigenvalue weighted by Crippen LogP contribution is -2.25. The van der Waals surface area contributed by atoms with Crippen LogP contribution in [0.15, 0.2) is 36.7 Å². The number of rotatable bonds is 5. The van der Waals surface area contributed by atoms with E-state index in [9.17, 15) is 0 Å². The van der Waals surface area contributed by atoms with Crippen molar-refractivity contribution in [2.24, 2.45) is 0 Å². The summed E-state index contributed by atoms with van der Waals surface area (Å²) in [6.45, 7) is 9.95. The summed E-state index contributed by atoms with van der Waals surface area (Å²) in [5.41, 5.74) is 1.36. The molecule has 0 bridgehead atoms. The number of pyridine rings is 1. The zero-order valence-corrected chi connectivity index (χ0v) is 13.6. The first-order valence-electron chi connectivity index (χ1n) is 7.21. The Bertz CT molecular complexity index is 555. The van der Waals surface area contributed by atoms with E-state index in [0.717, 1.165) is 12.3 Å². The molecule has 1 unspecified atom stereocenters. The van der Waals surface area contributed by atoms with Crippen molar-refractivity contribution in [2.75, 3.05) is 12.3 Å². The Hall–Kier alpha value is -1.06. The molecule has 0 spiro atoms. The molecule has 108 valence electrons. The van der Waals surface area contributed by atoms with Crippen molar-refractivity contribution in [2.45, 2.75) is 38.5 Å². The standard InChI is InChI=1S/C17H24N2S/c1-5-19-16(12-20-17(2,3)4)14-8-6-7-13-9-10-18-11-15(13)14/h6-11,16,19H,5,12H2,1-4H3. The maximum atomic E-state index is 4.29. The van der Waals surface area contributed by atoms with Crippen LogP contribution in [0.2, 0.25) is 0 Å². The normalized spacial score (nSPS) is 13.6. The molecular formula is C17H24N2S. The summed E-state index contributed by atoms with van der Waals surface area (Å²) in [5, 5.41) is 6.14. The fraction of sp³-hybridized carbons (Fsp3) is 0.471. The molecule has 0 fully saturated rings. The van der Waals surface area contributed by atoms with Crippen molar-refractivity contribution in [1.29, 1.82) is 0 Å². The zero-order chi connectivity index (χ0) is 14.6. The third kappa shape index (κ3) is 3.97. The number of benzene rings is 1. The quantitative estimate of drug-likeness (QED) is 0.881. The van der Waals surface area contributed by atoms with Gasteiger partial charge < -0.3 is 5.32 Å². The van der Waals surface area contributed by atoms with E-state index in [1.807, 2.05) is 24.2 Å². The lowest BCUT2D eigenvalue weighted by Gasteiger charge is -2.24. The molecule has 1 aromatic heterocycles. The molecule has 0 saturated carbocycles. The van der Waals surface area contributed by atoms with Crippen molar-refractivity contribution in [3.8, 4) is 0 Å². The van der Waals surface area contributed by atoms with E-state index in [1.54, 1.807) is 0 Å². The van der Waals surface area contributed by atoms with E-state index >= 15 is 0 Å². The Morgan fingerprint density at radius 3 is 2.75 bits per heavy atom. The number of nitrogens with zero attached hydrogens (tertiary/aromatic N) is 1. The molecule has 0 aliphatic heterocycles. The van der Waals surface area contributed by atoms with Gasteiger partial charge in [-0.3, -0.25) is 4.98 Å². The van der Waals surface area contributed by atoms with E-state index in [2.05, 4.69) is 62.3 Å². The Labute approximate surface area is 126 Å². The first-order valence-corrected chi connectivity index (χ1v) is 8.20. The fourth-order valence-corrected chi connectivity index (χ4v) is 3.24. The molecule has 0 aliphatic rings. The highest BCUT2D eigenvalue weighted by molar-refractivity contribution is 8.00. The summed E-state index contributed by atoms with van der Waals surface area (Å²) in [6.07, 6.45) is 3.84. The summed E-state index contributed by atoms with van der Waals surface area (Å²) in [5.74, 6) is 1.07. The molecule has 1 aromatic carbocycles. The predicted octanol–water partition coefficient (Wildman–Crippen LogP) is 4.42. The Morgan fingerprint density at radius 1 is 1.25 bits per heavy atom. The molecule has 1 N–H and O–H groups in total. The average Bonchev–Trinajstić information content (AvgIpc) is 2.42. The lowest BCUT2D eigenvalue weighted by molar-refractivity contribution is 0.606. The van der Waals surface area contributed by atoms with Gasteiger partial charge in [-0.2, -0.15) is 11.8 Å². The molecule has 1 heterocycles. The number of hydrogen-bond acceptors (Lipinski definition) is 3. The van der Waals surface area contributed by atoms with E-state index in [-0.39, 0.29) is 4.75 Å². The fourth-order valence-electron chi connectivity index (χ4n) is 2.28. The highest BCUT2D eigenvalue weighted by atomic mass is 32.2. The average molecular weight is 288 g/mol. The van der Waals surface area contributed by atoms with E-state index < -0.39 is 0 Å². The smallest absolute Gasteiger partial charge is 0.0418 e. The summed E-state index contributed by atoms with van der Waals surface area (Å²) in [6, 6.07) is 8.97. The SMILES string of the molecule is CCNC(CSC(C)(C)C)c1cccc2ccncc12. The van der Waals surface area contributed by atoms with Gasteiger partial charge in [-0.05, 0) is 23.6 Å². The Balaban J connectivity index is 2.31. The monoisotopic (exact) mass is 288 g/mol. The van der Waals surface area contributed by atoms with Crippen LogP contribution in [0.1, 0.15) is 39.3 Å². The Kier molecular flexibility index (Phi) is 5.06. The molecule has 3 heteroatoms. The topological polar surface area (TPSA) is 24.9 Å². The number of hydrogen-bond donors (Lipinski definition) is 1. The van der Waals surface area contributed by atoms with Gasteiger partial charge in [0, 0.05) is 34.3 Å². The van der Waals surface area contributed by atoms with Gasteiger partial charge in [-0.15, -0.1) is 0 Å². The first kappa shape index (κ1) is 15.3. The third-order valence-corrected chi connectivity index (χ3v) is 4.59. The van der Waals surface area contributed by atoms with Crippen LogP contribution >= 0.6 is 11.8 Å². The minimum absolute atomic E-state index is 0.288. The van der Waals surface area contributed by atoms with Gasteiger partial charge in [0.25, 0.3) is 0 Å². The largest absolute Gasteiger partial charge is 0.309 e. The second-order valence-corrected chi connectivity index (χ2v) is 7.82. The van der Waals surface area contributed by atoms with Crippen molar-refractivity contribution < 1.29 is 0 Å². The van der Waals surface area contributed by atoms with Crippen LogP contribution in [0.5, 0.6) is 0 Å². The summed E-state index contributed by atoms with van der Waals surface area (Å²) < 4.78 is 0.288. The van der Waals surface area contributed by atoms with Crippen LogP contribution in [0, 0.1) is 0 Å². The molecule has 20 heavy (non-hydrogen) atoms. The van der Waals surface area contributed by atoms with Gasteiger partial charge in [0.1, 0.15) is 0 Å². The minimum Gasteiger partial charge on any atom is -0.309 e. The van der Waals surface area contributed by atoms with E-state index in [4.69, 9.17) is 0 Å². The van der Waals surface area contributed by atoms with Gasteiger partial charge >= 0.3 is 0 Å². The summed E-state index contributed by atoms with van der Waals surface area (Å²) >= 11 is 2.00. The van der Waals surface area contributed by atoms with Crippen LogP contribution in [0.25, 0.3) is 10.8 Å². The first-order chi connectivity index (χ1) is 9.51. The van der Waals surface area contributed by atoms with Gasteiger partial charge in [0.2, 0.25) is 0 Å². The Morgan fingerprint density at radius 2 is 2.05 bits per heavy atom. The van der Waals surface area contributed by atoms with Gasteiger partial charge in [0.05, 0.1) is 0 Å². The van der Waals surface area contributed by atoms with Gasteiger partial charge in [-0.25, -0.2) is 0 Å². The van der Waals surface area contributed by atoms with Crippen molar-refractivity contribution in [1.82, 2.24) is 10.3 Å². The van der Waals surface area contributed by atoms with Crippen LogP contribution in [-0.2, 0) is 0 Å². The maximum absolute atomic E-state index is 4.29. The lowest BCUT2D eigenvalue weighted by atomic mass is 10.0. The highest BCUT2D eigenvalue weighted by Crippen LogP contribution is 2.31. The van der Waals surface area contributed by atoms with E-state index in [1.165, 1.54) is 16.3 Å². The molecule has 2 rings (SSSR count). The second-order valence-electron chi connectivity index (χ2n) is 5.98. The molecule has 1 atom stereocenters. The zero-order valence-electron chi connectivity index (χ0n) is 12.8.